The molecule has 0 aliphatic heterocycles. The molecule has 0 atom stereocenters. The highest BCUT2D eigenvalue weighted by atomic mass is 35.5. The summed E-state index contributed by atoms with van der Waals surface area (Å²) in [4.78, 5) is 4.86. The summed E-state index contributed by atoms with van der Waals surface area (Å²) in [6.07, 6.45) is 0. The van der Waals surface area contributed by atoms with Crippen LogP contribution in [0.4, 0.5) is 0 Å². The van der Waals surface area contributed by atoms with Crippen molar-refractivity contribution in [2.75, 3.05) is 7.11 Å². The lowest BCUT2D eigenvalue weighted by Gasteiger charge is -2.15. The van der Waals surface area contributed by atoms with Crippen molar-refractivity contribution < 1.29 is 9.47 Å². The summed E-state index contributed by atoms with van der Waals surface area (Å²) in [6.45, 7) is 2.50. The third-order valence-corrected chi connectivity index (χ3v) is 4.87. The number of aryl methyl sites for hydroxylation is 1. The van der Waals surface area contributed by atoms with E-state index in [2.05, 4.69) is 12.1 Å². The molecular weight excluding hydrogens is 370 g/mol. The van der Waals surface area contributed by atoms with Crippen molar-refractivity contribution in [1.82, 2.24) is 4.98 Å². The molecule has 28 heavy (non-hydrogen) atoms. The number of rotatable bonds is 5. The molecule has 0 saturated carbocycles. The molecule has 0 amide bonds. The maximum absolute atomic E-state index is 6.21. The summed E-state index contributed by atoms with van der Waals surface area (Å²) >= 11 is 6.21. The highest BCUT2D eigenvalue weighted by molar-refractivity contribution is 6.31. The molecule has 1 heterocycles. The van der Waals surface area contributed by atoms with Crippen LogP contribution in [-0.4, -0.2) is 12.1 Å². The minimum absolute atomic E-state index is 0.491. The number of methoxy groups -OCH3 is 1. The summed E-state index contributed by atoms with van der Waals surface area (Å²) in [6, 6.07) is 23.8. The molecule has 140 valence electrons. The molecule has 0 bridgehead atoms. The van der Waals surface area contributed by atoms with Gasteiger partial charge in [0.05, 0.1) is 18.3 Å². The van der Waals surface area contributed by atoms with E-state index < -0.39 is 0 Å². The Hall–Kier alpha value is -3.04. The Balaban J connectivity index is 1.83. The van der Waals surface area contributed by atoms with E-state index >= 15 is 0 Å². The monoisotopic (exact) mass is 389 g/mol. The molecular formula is C24H20ClNO2. The number of para-hydroxylation sites is 1. The van der Waals surface area contributed by atoms with Crippen LogP contribution in [0.2, 0.25) is 5.02 Å². The number of halogens is 1. The number of nitrogens with zero attached hydrogens (tertiary/aromatic N) is 1. The van der Waals surface area contributed by atoms with Gasteiger partial charge in [0.15, 0.2) is 0 Å². The van der Waals surface area contributed by atoms with E-state index in [4.69, 9.17) is 26.1 Å². The molecule has 0 N–H and O–H groups in total. The molecule has 1 aromatic heterocycles. The molecule has 0 radical (unpaired) electrons. The molecule has 4 aromatic rings. The van der Waals surface area contributed by atoms with Gasteiger partial charge < -0.3 is 9.47 Å². The second-order valence-electron chi connectivity index (χ2n) is 6.60. The van der Waals surface area contributed by atoms with E-state index in [9.17, 15) is 0 Å². The van der Waals surface area contributed by atoms with Crippen LogP contribution in [0.15, 0.2) is 72.8 Å². The Kier molecular flexibility index (Phi) is 5.18. The van der Waals surface area contributed by atoms with Crippen molar-refractivity contribution >= 4 is 22.5 Å². The fourth-order valence-electron chi connectivity index (χ4n) is 3.33. The first-order chi connectivity index (χ1) is 13.7. The zero-order valence-electron chi connectivity index (χ0n) is 15.8. The van der Waals surface area contributed by atoms with Gasteiger partial charge in [-0.3, -0.25) is 0 Å². The second kappa shape index (κ2) is 7.91. The molecule has 0 aliphatic carbocycles. The molecule has 0 unspecified atom stereocenters. The molecule has 0 aliphatic rings. The number of hydrogen-bond acceptors (Lipinski definition) is 3. The van der Waals surface area contributed by atoms with Crippen molar-refractivity contribution in [3.63, 3.8) is 0 Å². The fourth-order valence-corrected chi connectivity index (χ4v) is 3.59. The van der Waals surface area contributed by atoms with Gasteiger partial charge in [-0.25, -0.2) is 4.98 Å². The van der Waals surface area contributed by atoms with E-state index in [1.165, 1.54) is 0 Å². The minimum atomic E-state index is 0.491. The molecule has 0 fully saturated rings. The number of benzene rings is 3. The van der Waals surface area contributed by atoms with Gasteiger partial charge in [0.25, 0.3) is 0 Å². The zero-order chi connectivity index (χ0) is 19.5. The molecule has 3 aromatic carbocycles. The second-order valence-corrected chi connectivity index (χ2v) is 7.03. The van der Waals surface area contributed by atoms with Crippen LogP contribution in [0, 0.1) is 6.92 Å². The lowest BCUT2D eigenvalue weighted by Crippen LogP contribution is -1.99. The fraction of sp³-hybridized carbons (Fsp3) is 0.125. The number of fused-ring (bicyclic) bond motifs is 1. The minimum Gasteiger partial charge on any atom is -0.496 e. The van der Waals surface area contributed by atoms with E-state index in [1.54, 1.807) is 7.11 Å². The van der Waals surface area contributed by atoms with Crippen molar-refractivity contribution in [2.24, 2.45) is 0 Å². The zero-order valence-corrected chi connectivity index (χ0v) is 16.5. The Bertz CT molecular complexity index is 1130. The van der Waals surface area contributed by atoms with Crippen molar-refractivity contribution in [1.29, 1.82) is 0 Å². The van der Waals surface area contributed by atoms with Gasteiger partial charge in [0.2, 0.25) is 0 Å². The lowest BCUT2D eigenvalue weighted by molar-refractivity contribution is 0.310. The van der Waals surface area contributed by atoms with Crippen LogP contribution in [0.3, 0.4) is 0 Å². The van der Waals surface area contributed by atoms with Crippen LogP contribution in [0.1, 0.15) is 11.1 Å². The van der Waals surface area contributed by atoms with Gasteiger partial charge >= 0.3 is 0 Å². The van der Waals surface area contributed by atoms with Gasteiger partial charge in [-0.2, -0.15) is 0 Å². The van der Waals surface area contributed by atoms with Gasteiger partial charge in [-0.1, -0.05) is 54.1 Å². The van der Waals surface area contributed by atoms with Crippen LogP contribution in [-0.2, 0) is 6.61 Å². The molecule has 4 heteroatoms. The highest BCUT2D eigenvalue weighted by Gasteiger charge is 2.15. The van der Waals surface area contributed by atoms with E-state index in [1.807, 2.05) is 67.6 Å². The Morgan fingerprint density at radius 1 is 0.893 bits per heavy atom. The number of hydrogen-bond donors (Lipinski definition) is 0. The van der Waals surface area contributed by atoms with E-state index in [-0.39, 0.29) is 0 Å². The maximum atomic E-state index is 6.21. The van der Waals surface area contributed by atoms with Crippen LogP contribution < -0.4 is 9.47 Å². The molecule has 3 nitrogen and oxygen atoms in total. The maximum Gasteiger partial charge on any atom is 0.131 e. The number of aromatic nitrogens is 1. The van der Waals surface area contributed by atoms with Gasteiger partial charge in [0.1, 0.15) is 18.1 Å². The molecule has 0 spiro atoms. The van der Waals surface area contributed by atoms with Crippen molar-refractivity contribution in [2.45, 2.75) is 13.5 Å². The quantitative estimate of drug-likeness (QED) is 0.393. The predicted molar refractivity (Wildman–Crippen MR) is 114 cm³/mol. The van der Waals surface area contributed by atoms with E-state index in [0.717, 1.165) is 39.0 Å². The Morgan fingerprint density at radius 2 is 1.64 bits per heavy atom. The van der Waals surface area contributed by atoms with Crippen LogP contribution in [0.25, 0.3) is 22.2 Å². The summed E-state index contributed by atoms with van der Waals surface area (Å²) in [5, 5.41) is 1.62. The van der Waals surface area contributed by atoms with Crippen molar-refractivity contribution in [3.05, 3.63) is 88.9 Å². The third-order valence-electron chi connectivity index (χ3n) is 4.66. The van der Waals surface area contributed by atoms with Crippen LogP contribution >= 0.6 is 11.6 Å². The predicted octanol–water partition coefficient (Wildman–Crippen LogP) is 6.45. The first-order valence-corrected chi connectivity index (χ1v) is 9.44. The molecule has 4 rings (SSSR count). The summed E-state index contributed by atoms with van der Waals surface area (Å²) in [5.41, 5.74) is 4.71. The lowest BCUT2D eigenvalue weighted by atomic mass is 10.0. The standard InChI is InChI=1S/C24H20ClNO2/c1-16-12-18(25)13-23(27-2)24(16)21-14-22(19-10-6-7-11-20(19)26-21)28-15-17-8-4-3-5-9-17/h3-14H,15H2,1-2H3. The summed E-state index contributed by atoms with van der Waals surface area (Å²) in [7, 11) is 1.64. The Morgan fingerprint density at radius 3 is 2.43 bits per heavy atom. The van der Waals surface area contributed by atoms with Crippen molar-refractivity contribution in [3.8, 4) is 22.8 Å². The first-order valence-electron chi connectivity index (χ1n) is 9.07. The topological polar surface area (TPSA) is 31.4 Å². The average molecular weight is 390 g/mol. The van der Waals surface area contributed by atoms with Gasteiger partial charge in [-0.05, 0) is 42.3 Å². The largest absolute Gasteiger partial charge is 0.496 e. The third kappa shape index (κ3) is 3.67. The summed E-state index contributed by atoms with van der Waals surface area (Å²) in [5.74, 6) is 1.49. The normalized spacial score (nSPS) is 10.8. The number of pyridine rings is 1. The highest BCUT2D eigenvalue weighted by Crippen LogP contribution is 2.38. The van der Waals surface area contributed by atoms with Gasteiger partial charge in [0, 0.05) is 22.0 Å². The average Bonchev–Trinajstić information content (AvgIpc) is 2.72. The van der Waals surface area contributed by atoms with E-state index in [0.29, 0.717) is 17.4 Å². The Labute approximate surface area is 169 Å². The SMILES string of the molecule is COc1cc(Cl)cc(C)c1-c1cc(OCc2ccccc2)c2ccccc2n1. The number of ether oxygens (including phenoxy) is 2. The first kappa shape index (κ1) is 18.3. The molecule has 0 saturated heterocycles. The summed E-state index contributed by atoms with van der Waals surface area (Å²) < 4.78 is 11.8. The van der Waals surface area contributed by atoms with Gasteiger partial charge in [-0.15, -0.1) is 0 Å². The van der Waals surface area contributed by atoms with Crippen LogP contribution in [0.5, 0.6) is 11.5 Å². The smallest absolute Gasteiger partial charge is 0.131 e.